The topological polar surface area (TPSA) is 49.9 Å². The molecule has 0 unspecified atom stereocenters. The van der Waals surface area contributed by atoms with Crippen molar-refractivity contribution in [3.8, 4) is 5.75 Å². The molecular weight excluding hydrogens is 372 g/mol. The summed E-state index contributed by atoms with van der Waals surface area (Å²) >= 11 is 0. The van der Waals surface area contributed by atoms with Crippen LogP contribution in [0.1, 0.15) is 11.1 Å². The first-order chi connectivity index (χ1) is 13.4. The lowest BCUT2D eigenvalue weighted by atomic mass is 10.00. The minimum absolute atomic E-state index is 0.126. The van der Waals surface area contributed by atoms with Crippen LogP contribution in [0.3, 0.4) is 0 Å². The lowest BCUT2D eigenvalue weighted by Gasteiger charge is -2.25. The molecule has 2 aliphatic rings. The van der Waals surface area contributed by atoms with Crippen LogP contribution in [0.25, 0.3) is 0 Å². The Kier molecular flexibility index (Phi) is 5.45. The molecule has 4 rings (SSSR count). The van der Waals surface area contributed by atoms with E-state index in [0.29, 0.717) is 18.9 Å². The van der Waals surface area contributed by atoms with E-state index in [1.165, 1.54) is 0 Å². The van der Waals surface area contributed by atoms with Crippen molar-refractivity contribution < 1.29 is 13.2 Å². The minimum Gasteiger partial charge on any atom is -0.489 e. The number of hydrogen-bond donors (Lipinski definition) is 0. The molecule has 0 aromatic heterocycles. The van der Waals surface area contributed by atoms with E-state index in [2.05, 4.69) is 34.1 Å². The molecule has 150 valence electrons. The molecule has 2 fully saturated rings. The molecule has 2 aromatic rings. The molecule has 0 saturated carbocycles. The average molecular weight is 401 g/mol. The molecular formula is C22H28N2O3S. The fraction of sp³-hybridized carbons (Fsp3) is 0.455. The highest BCUT2D eigenvalue weighted by Crippen LogP contribution is 2.36. The maximum Gasteiger partial charge on any atom is 0.156 e. The molecule has 0 bridgehead atoms. The van der Waals surface area contributed by atoms with E-state index in [1.807, 2.05) is 44.4 Å². The van der Waals surface area contributed by atoms with Gasteiger partial charge < -0.3 is 9.64 Å². The predicted octanol–water partition coefficient (Wildman–Crippen LogP) is 2.42. The van der Waals surface area contributed by atoms with E-state index >= 15 is 0 Å². The number of sulfone groups is 1. The molecule has 0 radical (unpaired) electrons. The summed E-state index contributed by atoms with van der Waals surface area (Å²) < 4.78 is 31.0. The highest BCUT2D eigenvalue weighted by Gasteiger charge is 2.52. The smallest absolute Gasteiger partial charge is 0.156 e. The normalized spacial score (nSPS) is 26.5. The second-order valence-corrected chi connectivity index (χ2v) is 10.4. The van der Waals surface area contributed by atoms with Crippen molar-refractivity contribution in [1.82, 2.24) is 9.80 Å². The van der Waals surface area contributed by atoms with Crippen molar-refractivity contribution in [2.24, 2.45) is 5.92 Å². The van der Waals surface area contributed by atoms with Crippen LogP contribution in [0.4, 0.5) is 0 Å². The summed E-state index contributed by atoms with van der Waals surface area (Å²) in [6.45, 7) is 2.76. The molecule has 28 heavy (non-hydrogen) atoms. The van der Waals surface area contributed by atoms with Crippen LogP contribution in [0.2, 0.25) is 0 Å². The van der Waals surface area contributed by atoms with Crippen LogP contribution in [-0.4, -0.2) is 62.4 Å². The molecule has 5 nitrogen and oxygen atoms in total. The summed E-state index contributed by atoms with van der Waals surface area (Å²) in [5, 5.41) is -0.225. The maximum atomic E-state index is 12.6. The summed E-state index contributed by atoms with van der Waals surface area (Å²) in [5.74, 6) is 1.35. The Morgan fingerprint density at radius 3 is 2.54 bits per heavy atom. The fourth-order valence-corrected chi connectivity index (χ4v) is 7.02. The van der Waals surface area contributed by atoms with Gasteiger partial charge in [0, 0.05) is 31.6 Å². The molecule has 0 aliphatic carbocycles. The van der Waals surface area contributed by atoms with Crippen LogP contribution in [0.5, 0.6) is 5.75 Å². The van der Waals surface area contributed by atoms with Gasteiger partial charge in [0.05, 0.1) is 11.0 Å². The summed E-state index contributed by atoms with van der Waals surface area (Å²) in [6, 6.07) is 18.4. The molecule has 0 N–H and O–H groups in total. The molecule has 0 spiro atoms. The second kappa shape index (κ2) is 7.85. The monoisotopic (exact) mass is 400 g/mol. The molecule has 3 atom stereocenters. The first-order valence-corrected chi connectivity index (χ1v) is 11.5. The van der Waals surface area contributed by atoms with Crippen LogP contribution in [0, 0.1) is 5.92 Å². The van der Waals surface area contributed by atoms with Gasteiger partial charge in [-0.05, 0) is 37.4 Å². The number of rotatable bonds is 6. The van der Waals surface area contributed by atoms with Crippen LogP contribution in [0.15, 0.2) is 54.6 Å². The summed E-state index contributed by atoms with van der Waals surface area (Å²) in [5.41, 5.74) is 2.30. The number of hydrogen-bond acceptors (Lipinski definition) is 5. The van der Waals surface area contributed by atoms with Crippen LogP contribution < -0.4 is 4.74 Å². The van der Waals surface area contributed by atoms with Gasteiger partial charge in [0.15, 0.2) is 9.84 Å². The number of benzene rings is 2. The van der Waals surface area contributed by atoms with Gasteiger partial charge in [-0.2, -0.15) is 0 Å². The highest BCUT2D eigenvalue weighted by atomic mass is 32.2. The van der Waals surface area contributed by atoms with Crippen molar-refractivity contribution in [2.45, 2.75) is 24.4 Å². The lowest BCUT2D eigenvalue weighted by Crippen LogP contribution is -2.37. The molecule has 2 saturated heterocycles. The molecule has 2 heterocycles. The SMILES string of the molecule is CN(C)[C@@H]1CS(=O)(=O)[C@H]2CN(Cc3cccc(OCc4ccccc4)c3)C[C@@H]12. The van der Waals surface area contributed by atoms with E-state index < -0.39 is 9.84 Å². The first-order valence-electron chi connectivity index (χ1n) is 9.78. The van der Waals surface area contributed by atoms with Crippen molar-refractivity contribution in [3.05, 3.63) is 65.7 Å². The van der Waals surface area contributed by atoms with Gasteiger partial charge in [-0.15, -0.1) is 0 Å². The Hall–Kier alpha value is -1.89. The van der Waals surface area contributed by atoms with Crippen molar-refractivity contribution in [3.63, 3.8) is 0 Å². The highest BCUT2D eigenvalue weighted by molar-refractivity contribution is 7.92. The lowest BCUT2D eigenvalue weighted by molar-refractivity contribution is 0.229. The van der Waals surface area contributed by atoms with E-state index in [4.69, 9.17) is 4.74 Å². The quantitative estimate of drug-likeness (QED) is 0.745. The van der Waals surface area contributed by atoms with Gasteiger partial charge >= 0.3 is 0 Å². The van der Waals surface area contributed by atoms with E-state index in [1.54, 1.807) is 0 Å². The standard InChI is InChI=1S/C22H28N2O3S/c1-23(2)21-16-28(25,26)22-14-24(13-20(21)22)12-18-9-6-10-19(11-18)27-15-17-7-4-3-5-8-17/h3-11,20-22H,12-16H2,1-2H3/t20-,21+,22-/m0/s1. The zero-order chi connectivity index (χ0) is 19.7. The minimum atomic E-state index is -3.00. The van der Waals surface area contributed by atoms with E-state index in [-0.39, 0.29) is 17.2 Å². The Morgan fingerprint density at radius 1 is 1.04 bits per heavy atom. The largest absolute Gasteiger partial charge is 0.489 e. The van der Waals surface area contributed by atoms with Crippen LogP contribution >= 0.6 is 0 Å². The zero-order valence-corrected chi connectivity index (χ0v) is 17.3. The van der Waals surface area contributed by atoms with Gasteiger partial charge in [-0.3, -0.25) is 4.90 Å². The fourth-order valence-electron chi connectivity index (χ4n) is 4.51. The summed E-state index contributed by atoms with van der Waals surface area (Å²) in [6.07, 6.45) is 0. The summed E-state index contributed by atoms with van der Waals surface area (Å²) in [7, 11) is 0.971. The van der Waals surface area contributed by atoms with Crippen molar-refractivity contribution in [2.75, 3.05) is 32.9 Å². The number of fused-ring (bicyclic) bond motifs is 1. The Labute approximate surface area is 167 Å². The third kappa shape index (κ3) is 4.09. The molecule has 2 aromatic carbocycles. The average Bonchev–Trinajstić information content (AvgIpc) is 3.19. The zero-order valence-electron chi connectivity index (χ0n) is 16.5. The van der Waals surface area contributed by atoms with E-state index in [0.717, 1.165) is 30.0 Å². The number of nitrogens with zero attached hydrogens (tertiary/aromatic N) is 2. The maximum absolute atomic E-state index is 12.6. The summed E-state index contributed by atoms with van der Waals surface area (Å²) in [4.78, 5) is 4.35. The van der Waals surface area contributed by atoms with E-state index in [9.17, 15) is 8.42 Å². The molecule has 2 aliphatic heterocycles. The third-order valence-electron chi connectivity index (χ3n) is 5.96. The Balaban J connectivity index is 1.40. The van der Waals surface area contributed by atoms with Gasteiger partial charge in [0.2, 0.25) is 0 Å². The Bertz CT molecular complexity index is 914. The van der Waals surface area contributed by atoms with Crippen molar-refractivity contribution in [1.29, 1.82) is 0 Å². The Morgan fingerprint density at radius 2 is 1.79 bits per heavy atom. The second-order valence-electron chi connectivity index (χ2n) is 8.18. The van der Waals surface area contributed by atoms with Gasteiger partial charge in [0.25, 0.3) is 0 Å². The van der Waals surface area contributed by atoms with Gasteiger partial charge in [-0.25, -0.2) is 8.42 Å². The predicted molar refractivity (Wildman–Crippen MR) is 111 cm³/mol. The van der Waals surface area contributed by atoms with Crippen molar-refractivity contribution >= 4 is 9.84 Å². The number of likely N-dealkylation sites (tertiary alicyclic amines) is 1. The third-order valence-corrected chi connectivity index (χ3v) is 8.19. The molecule has 6 heteroatoms. The van der Waals surface area contributed by atoms with Crippen LogP contribution in [-0.2, 0) is 23.0 Å². The number of ether oxygens (including phenoxy) is 1. The molecule has 0 amide bonds. The van der Waals surface area contributed by atoms with Gasteiger partial charge in [0.1, 0.15) is 12.4 Å². The van der Waals surface area contributed by atoms with Gasteiger partial charge in [-0.1, -0.05) is 42.5 Å². The first kappa shape index (κ1) is 19.4.